The lowest BCUT2D eigenvalue weighted by molar-refractivity contribution is 0.846. The maximum absolute atomic E-state index is 3.54. The molecule has 0 aromatic heterocycles. The fraction of sp³-hybridized carbons (Fsp3) is 0.0714. The molecule has 1 N–H and O–H groups in total. The van der Waals surface area contributed by atoms with Crippen LogP contribution >= 0.6 is 0 Å². The zero-order valence-electron chi connectivity index (χ0n) is 16.3. The summed E-state index contributed by atoms with van der Waals surface area (Å²) in [6.07, 6.45) is 7.80. The van der Waals surface area contributed by atoms with Gasteiger partial charge < -0.3 is 5.32 Å². The highest BCUT2D eigenvalue weighted by Crippen LogP contribution is 2.29. The van der Waals surface area contributed by atoms with Crippen molar-refractivity contribution >= 4 is 16.5 Å². The Kier molecular flexibility index (Phi) is 4.72. The van der Waals surface area contributed by atoms with E-state index in [4.69, 9.17) is 0 Å². The maximum atomic E-state index is 3.54. The molecule has 4 aromatic rings. The van der Waals surface area contributed by atoms with Crippen LogP contribution in [0, 0.1) is 0 Å². The van der Waals surface area contributed by atoms with Crippen LogP contribution in [0.15, 0.2) is 121 Å². The van der Waals surface area contributed by atoms with Gasteiger partial charge >= 0.3 is 0 Å². The molecular formula is C28H23N. The van der Waals surface area contributed by atoms with Gasteiger partial charge in [0, 0.05) is 17.3 Å². The van der Waals surface area contributed by atoms with Crippen molar-refractivity contribution in [2.45, 2.75) is 12.3 Å². The van der Waals surface area contributed by atoms with E-state index < -0.39 is 0 Å². The SMILES string of the molecule is C1=CC(c2ccccc2)CC=C1Nc1ccc(-c2ccc3ccccc3c2)cc1. The highest BCUT2D eigenvalue weighted by atomic mass is 14.9. The fourth-order valence-corrected chi connectivity index (χ4v) is 3.94. The number of hydrogen-bond donors (Lipinski definition) is 1. The van der Waals surface area contributed by atoms with Gasteiger partial charge in [-0.2, -0.15) is 0 Å². The number of hydrogen-bond acceptors (Lipinski definition) is 1. The van der Waals surface area contributed by atoms with Crippen LogP contribution in [0.4, 0.5) is 5.69 Å². The van der Waals surface area contributed by atoms with Crippen LogP contribution in [0.5, 0.6) is 0 Å². The Labute approximate surface area is 172 Å². The van der Waals surface area contributed by atoms with E-state index in [1.165, 1.54) is 27.5 Å². The molecule has 29 heavy (non-hydrogen) atoms. The molecule has 0 radical (unpaired) electrons. The number of rotatable bonds is 4. The second-order valence-corrected chi connectivity index (χ2v) is 7.54. The van der Waals surface area contributed by atoms with Gasteiger partial charge in [-0.15, -0.1) is 0 Å². The Balaban J connectivity index is 1.28. The molecule has 0 spiro atoms. The molecular weight excluding hydrogens is 350 g/mol. The topological polar surface area (TPSA) is 12.0 Å². The molecule has 140 valence electrons. The van der Waals surface area contributed by atoms with E-state index in [0.29, 0.717) is 5.92 Å². The Morgan fingerprint density at radius 3 is 2.14 bits per heavy atom. The molecule has 1 aliphatic carbocycles. The third-order valence-electron chi connectivity index (χ3n) is 5.58. The lowest BCUT2D eigenvalue weighted by atomic mass is 9.92. The van der Waals surface area contributed by atoms with Crippen LogP contribution in [0.3, 0.4) is 0 Å². The van der Waals surface area contributed by atoms with Crippen molar-refractivity contribution in [1.82, 2.24) is 0 Å². The molecule has 5 rings (SSSR count). The average molecular weight is 373 g/mol. The Morgan fingerprint density at radius 2 is 1.38 bits per heavy atom. The zero-order chi connectivity index (χ0) is 19.5. The zero-order valence-corrected chi connectivity index (χ0v) is 16.3. The van der Waals surface area contributed by atoms with Gasteiger partial charge in [0.25, 0.3) is 0 Å². The second kappa shape index (κ2) is 7.81. The minimum absolute atomic E-state index is 0.469. The summed E-state index contributed by atoms with van der Waals surface area (Å²) in [6, 6.07) is 34.5. The van der Waals surface area contributed by atoms with Crippen LogP contribution in [0.25, 0.3) is 21.9 Å². The van der Waals surface area contributed by atoms with Crippen molar-refractivity contribution < 1.29 is 0 Å². The van der Waals surface area contributed by atoms with Gasteiger partial charge in [-0.25, -0.2) is 0 Å². The molecule has 1 atom stereocenters. The van der Waals surface area contributed by atoms with E-state index in [2.05, 4.69) is 121 Å². The van der Waals surface area contributed by atoms with E-state index >= 15 is 0 Å². The number of anilines is 1. The van der Waals surface area contributed by atoms with Crippen LogP contribution in [-0.2, 0) is 0 Å². The monoisotopic (exact) mass is 373 g/mol. The normalized spacial score (nSPS) is 15.9. The summed E-state index contributed by atoms with van der Waals surface area (Å²) in [5.41, 5.74) is 6.13. The first-order chi connectivity index (χ1) is 14.3. The lowest BCUT2D eigenvalue weighted by Crippen LogP contribution is -2.04. The Morgan fingerprint density at radius 1 is 0.655 bits per heavy atom. The second-order valence-electron chi connectivity index (χ2n) is 7.54. The van der Waals surface area contributed by atoms with Crippen LogP contribution in [0.1, 0.15) is 17.9 Å². The first-order valence-corrected chi connectivity index (χ1v) is 10.1. The van der Waals surface area contributed by atoms with Crippen LogP contribution < -0.4 is 5.32 Å². The number of fused-ring (bicyclic) bond motifs is 1. The van der Waals surface area contributed by atoms with Crippen molar-refractivity contribution in [3.63, 3.8) is 0 Å². The highest BCUT2D eigenvalue weighted by Gasteiger charge is 2.10. The molecule has 4 aromatic carbocycles. The van der Waals surface area contributed by atoms with Gasteiger partial charge in [0.15, 0.2) is 0 Å². The average Bonchev–Trinajstić information content (AvgIpc) is 2.80. The third kappa shape index (κ3) is 3.86. The molecule has 1 unspecified atom stereocenters. The quantitative estimate of drug-likeness (QED) is 0.389. The first-order valence-electron chi connectivity index (χ1n) is 10.1. The summed E-state index contributed by atoms with van der Waals surface area (Å²) in [5.74, 6) is 0.469. The van der Waals surface area contributed by atoms with E-state index in [1.54, 1.807) is 0 Å². The van der Waals surface area contributed by atoms with E-state index in [0.717, 1.165) is 17.8 Å². The van der Waals surface area contributed by atoms with Crippen LogP contribution in [0.2, 0.25) is 0 Å². The predicted molar refractivity (Wildman–Crippen MR) is 124 cm³/mol. The molecule has 1 nitrogen and oxygen atoms in total. The summed E-state index contributed by atoms with van der Waals surface area (Å²) in [7, 11) is 0. The van der Waals surface area contributed by atoms with Crippen molar-refractivity contribution in [1.29, 1.82) is 0 Å². The fourth-order valence-electron chi connectivity index (χ4n) is 3.94. The van der Waals surface area contributed by atoms with Crippen molar-refractivity contribution in [3.05, 3.63) is 127 Å². The first kappa shape index (κ1) is 17.5. The van der Waals surface area contributed by atoms with Crippen molar-refractivity contribution in [3.8, 4) is 11.1 Å². The largest absolute Gasteiger partial charge is 0.356 e. The van der Waals surface area contributed by atoms with Gasteiger partial charge in [-0.05, 0) is 58.2 Å². The number of allylic oxidation sites excluding steroid dienone is 3. The highest BCUT2D eigenvalue weighted by molar-refractivity contribution is 5.87. The molecule has 0 aliphatic heterocycles. The standard InChI is InChI=1S/C28H23N/c1-2-6-21(7-3-1)23-12-16-27(17-13-23)29-28-18-14-24(15-19-28)26-11-10-22-8-4-5-9-25(22)20-26/h1-12,14-20,23,29H,13H2. The molecule has 0 fully saturated rings. The predicted octanol–water partition coefficient (Wildman–Crippen LogP) is 7.55. The Hall–Kier alpha value is -3.58. The van der Waals surface area contributed by atoms with E-state index in [1.807, 2.05) is 0 Å². The van der Waals surface area contributed by atoms with Gasteiger partial charge in [-0.3, -0.25) is 0 Å². The maximum Gasteiger partial charge on any atom is 0.0384 e. The smallest absolute Gasteiger partial charge is 0.0384 e. The minimum Gasteiger partial charge on any atom is -0.356 e. The van der Waals surface area contributed by atoms with Crippen molar-refractivity contribution in [2.24, 2.45) is 0 Å². The van der Waals surface area contributed by atoms with Gasteiger partial charge in [0.05, 0.1) is 0 Å². The summed E-state index contributed by atoms with van der Waals surface area (Å²) in [4.78, 5) is 0. The summed E-state index contributed by atoms with van der Waals surface area (Å²) >= 11 is 0. The van der Waals surface area contributed by atoms with Gasteiger partial charge in [0.2, 0.25) is 0 Å². The molecule has 0 amide bonds. The molecule has 0 saturated carbocycles. The van der Waals surface area contributed by atoms with Gasteiger partial charge in [0.1, 0.15) is 0 Å². The summed E-state index contributed by atoms with van der Waals surface area (Å²) < 4.78 is 0. The van der Waals surface area contributed by atoms with E-state index in [9.17, 15) is 0 Å². The molecule has 1 heteroatoms. The lowest BCUT2D eigenvalue weighted by Gasteiger charge is -2.18. The molecule has 0 bridgehead atoms. The van der Waals surface area contributed by atoms with E-state index in [-0.39, 0.29) is 0 Å². The third-order valence-corrected chi connectivity index (χ3v) is 5.58. The minimum atomic E-state index is 0.469. The number of benzene rings is 4. The molecule has 0 saturated heterocycles. The Bertz CT molecular complexity index is 1180. The summed E-state index contributed by atoms with van der Waals surface area (Å²) in [6.45, 7) is 0. The van der Waals surface area contributed by atoms with Crippen molar-refractivity contribution in [2.75, 3.05) is 5.32 Å². The molecule has 0 heterocycles. The van der Waals surface area contributed by atoms with Gasteiger partial charge in [-0.1, -0.05) is 91.0 Å². The number of nitrogens with one attached hydrogen (secondary N) is 1. The molecule has 1 aliphatic rings. The van der Waals surface area contributed by atoms with Crippen LogP contribution in [-0.4, -0.2) is 0 Å². The summed E-state index contributed by atoms with van der Waals surface area (Å²) in [5, 5.41) is 6.09.